The molecule has 0 atom stereocenters. The Morgan fingerprint density at radius 1 is 1.12 bits per heavy atom. The zero-order valence-corrected chi connectivity index (χ0v) is 14.6. The monoisotopic (exact) mass is 352 g/mol. The maximum absolute atomic E-state index is 14.4. The molecule has 0 unspecified atom stereocenters. The average Bonchev–Trinajstić information content (AvgIpc) is 3.08. The van der Waals surface area contributed by atoms with E-state index >= 15 is 0 Å². The number of hydrogen-bond donors (Lipinski definition) is 3. The van der Waals surface area contributed by atoms with Crippen LogP contribution in [-0.2, 0) is 12.8 Å². The summed E-state index contributed by atoms with van der Waals surface area (Å²) in [5.74, 6) is 1.11. The molecule has 1 aromatic heterocycles. The van der Waals surface area contributed by atoms with Crippen molar-refractivity contribution in [3.63, 3.8) is 0 Å². The first-order chi connectivity index (χ1) is 12.7. The second-order valence-electron chi connectivity index (χ2n) is 5.89. The van der Waals surface area contributed by atoms with Crippen LogP contribution in [0.1, 0.15) is 18.2 Å². The second kappa shape index (κ2) is 8.29. The minimum atomic E-state index is -0.229. The quantitative estimate of drug-likeness (QED) is 0.459. The van der Waals surface area contributed by atoms with Crippen molar-refractivity contribution in [2.75, 3.05) is 11.9 Å². The van der Waals surface area contributed by atoms with Crippen molar-refractivity contribution in [1.82, 2.24) is 10.5 Å². The van der Waals surface area contributed by atoms with Crippen molar-refractivity contribution < 1.29 is 8.91 Å². The Labute approximate surface area is 151 Å². The highest BCUT2D eigenvalue weighted by atomic mass is 19.1. The van der Waals surface area contributed by atoms with Gasteiger partial charge in [0, 0.05) is 24.6 Å². The van der Waals surface area contributed by atoms with E-state index in [0.29, 0.717) is 36.5 Å². The Balaban J connectivity index is 1.61. The number of guanidine groups is 1. The average molecular weight is 352 g/mol. The fourth-order valence-corrected chi connectivity index (χ4v) is 2.67. The first-order valence-corrected chi connectivity index (χ1v) is 8.54. The Hall–Kier alpha value is -3.15. The fourth-order valence-electron chi connectivity index (χ4n) is 2.67. The minimum absolute atomic E-state index is 0.172. The lowest BCUT2D eigenvalue weighted by Gasteiger charge is -2.06. The number of hydrogen-bond acceptors (Lipinski definition) is 3. The summed E-state index contributed by atoms with van der Waals surface area (Å²) in [5, 5.41) is 17.2. The molecular formula is C20H21FN4O. The van der Waals surface area contributed by atoms with Crippen LogP contribution in [0.2, 0.25) is 0 Å². The third-order valence-corrected chi connectivity index (χ3v) is 3.94. The zero-order valence-electron chi connectivity index (χ0n) is 14.6. The molecule has 0 aliphatic rings. The van der Waals surface area contributed by atoms with Gasteiger partial charge in [0.15, 0.2) is 11.8 Å². The van der Waals surface area contributed by atoms with Gasteiger partial charge in [-0.05, 0) is 30.5 Å². The molecule has 2 aromatic carbocycles. The molecule has 0 radical (unpaired) electrons. The van der Waals surface area contributed by atoms with Crippen molar-refractivity contribution in [3.8, 4) is 11.1 Å². The fraction of sp³-hybridized carbons (Fsp3) is 0.200. The standard InChI is InChI=1S/C20H21FN4O/c1-2-23-20(22)24-19-13-16(26-25-19)10-8-14-9-11-17(18(21)12-14)15-6-4-3-5-7-15/h3-7,9,11-13H,2,8,10H2,1H3,(H3,22,23,24,25). The van der Waals surface area contributed by atoms with Crippen molar-refractivity contribution in [3.05, 3.63) is 71.7 Å². The van der Waals surface area contributed by atoms with Gasteiger partial charge in [-0.1, -0.05) is 47.6 Å². The molecule has 0 aliphatic carbocycles. The molecule has 0 saturated heterocycles. The van der Waals surface area contributed by atoms with E-state index in [0.717, 1.165) is 11.1 Å². The molecule has 0 fully saturated rings. The SMILES string of the molecule is CCNC(=N)Nc1cc(CCc2ccc(-c3ccccc3)c(F)c2)on1. The molecule has 3 aromatic rings. The summed E-state index contributed by atoms with van der Waals surface area (Å²) in [6.45, 7) is 2.56. The van der Waals surface area contributed by atoms with Gasteiger partial charge < -0.3 is 15.2 Å². The Morgan fingerprint density at radius 3 is 2.65 bits per heavy atom. The van der Waals surface area contributed by atoms with E-state index < -0.39 is 0 Å². The van der Waals surface area contributed by atoms with Crippen LogP contribution >= 0.6 is 0 Å². The maximum atomic E-state index is 14.4. The normalized spacial score (nSPS) is 10.5. The predicted molar refractivity (Wildman–Crippen MR) is 101 cm³/mol. The zero-order chi connectivity index (χ0) is 18.4. The van der Waals surface area contributed by atoms with Crippen LogP contribution in [0.3, 0.4) is 0 Å². The Morgan fingerprint density at radius 2 is 1.92 bits per heavy atom. The van der Waals surface area contributed by atoms with E-state index in [2.05, 4.69) is 15.8 Å². The largest absolute Gasteiger partial charge is 0.359 e. The van der Waals surface area contributed by atoms with E-state index in [-0.39, 0.29) is 11.8 Å². The summed E-state index contributed by atoms with van der Waals surface area (Å²) in [4.78, 5) is 0. The molecule has 1 heterocycles. The van der Waals surface area contributed by atoms with Gasteiger partial charge in [-0.15, -0.1) is 0 Å². The molecule has 0 aliphatic heterocycles. The molecule has 0 spiro atoms. The summed E-state index contributed by atoms with van der Waals surface area (Å²) in [6, 6.07) is 16.6. The van der Waals surface area contributed by atoms with Crippen LogP contribution in [-0.4, -0.2) is 17.7 Å². The lowest BCUT2D eigenvalue weighted by molar-refractivity contribution is 0.385. The van der Waals surface area contributed by atoms with Crippen LogP contribution in [0, 0.1) is 11.2 Å². The highest BCUT2D eigenvalue weighted by molar-refractivity contribution is 5.90. The maximum Gasteiger partial charge on any atom is 0.194 e. The summed E-state index contributed by atoms with van der Waals surface area (Å²) in [7, 11) is 0. The molecule has 3 N–H and O–H groups in total. The molecule has 0 amide bonds. The van der Waals surface area contributed by atoms with E-state index in [9.17, 15) is 4.39 Å². The van der Waals surface area contributed by atoms with Gasteiger partial charge in [-0.2, -0.15) is 0 Å². The number of nitrogens with one attached hydrogen (secondary N) is 3. The highest BCUT2D eigenvalue weighted by Gasteiger charge is 2.09. The van der Waals surface area contributed by atoms with Crippen molar-refractivity contribution in [2.45, 2.75) is 19.8 Å². The summed E-state index contributed by atoms with van der Waals surface area (Å²) in [5.41, 5.74) is 2.36. The first kappa shape index (κ1) is 17.7. The topological polar surface area (TPSA) is 73.9 Å². The van der Waals surface area contributed by atoms with E-state index in [1.165, 1.54) is 0 Å². The molecule has 0 saturated carbocycles. The number of rotatable bonds is 6. The van der Waals surface area contributed by atoms with Gasteiger partial charge in [-0.25, -0.2) is 4.39 Å². The first-order valence-electron chi connectivity index (χ1n) is 8.54. The number of halogens is 1. The number of aromatic nitrogens is 1. The molecular weight excluding hydrogens is 331 g/mol. The van der Waals surface area contributed by atoms with Gasteiger partial charge in [0.25, 0.3) is 0 Å². The van der Waals surface area contributed by atoms with Gasteiger partial charge in [0.05, 0.1) is 0 Å². The Bertz CT molecular complexity index is 877. The minimum Gasteiger partial charge on any atom is -0.359 e. The summed E-state index contributed by atoms with van der Waals surface area (Å²) < 4.78 is 19.7. The summed E-state index contributed by atoms with van der Waals surface area (Å²) >= 11 is 0. The van der Waals surface area contributed by atoms with E-state index in [4.69, 9.17) is 9.93 Å². The highest BCUT2D eigenvalue weighted by Crippen LogP contribution is 2.24. The van der Waals surface area contributed by atoms with Crippen LogP contribution in [0.5, 0.6) is 0 Å². The van der Waals surface area contributed by atoms with Crippen LogP contribution in [0.4, 0.5) is 10.2 Å². The molecule has 0 bridgehead atoms. The van der Waals surface area contributed by atoms with Crippen LogP contribution in [0.25, 0.3) is 11.1 Å². The van der Waals surface area contributed by atoms with Crippen LogP contribution < -0.4 is 10.6 Å². The molecule has 134 valence electrons. The second-order valence-corrected chi connectivity index (χ2v) is 5.89. The molecule has 5 nitrogen and oxygen atoms in total. The van der Waals surface area contributed by atoms with Gasteiger partial charge in [0.1, 0.15) is 11.6 Å². The van der Waals surface area contributed by atoms with Gasteiger partial charge >= 0.3 is 0 Å². The molecule has 3 rings (SSSR count). The van der Waals surface area contributed by atoms with Crippen molar-refractivity contribution >= 4 is 11.8 Å². The van der Waals surface area contributed by atoms with Gasteiger partial charge in [-0.3, -0.25) is 5.41 Å². The Kier molecular flexibility index (Phi) is 5.63. The van der Waals surface area contributed by atoms with Crippen molar-refractivity contribution in [2.24, 2.45) is 0 Å². The summed E-state index contributed by atoms with van der Waals surface area (Å²) in [6.07, 6.45) is 1.25. The third-order valence-electron chi connectivity index (χ3n) is 3.94. The van der Waals surface area contributed by atoms with Gasteiger partial charge in [0.2, 0.25) is 0 Å². The number of anilines is 1. The lowest BCUT2D eigenvalue weighted by Crippen LogP contribution is -2.29. The van der Waals surface area contributed by atoms with E-state index in [1.54, 1.807) is 12.1 Å². The predicted octanol–water partition coefficient (Wildman–Crippen LogP) is 4.22. The van der Waals surface area contributed by atoms with Crippen LogP contribution in [0.15, 0.2) is 59.1 Å². The third kappa shape index (κ3) is 4.47. The number of nitrogens with zero attached hydrogens (tertiary/aromatic N) is 1. The number of benzene rings is 2. The molecule has 6 heteroatoms. The number of aryl methyl sites for hydroxylation is 2. The van der Waals surface area contributed by atoms with Crippen molar-refractivity contribution in [1.29, 1.82) is 5.41 Å². The smallest absolute Gasteiger partial charge is 0.194 e. The lowest BCUT2D eigenvalue weighted by atomic mass is 10.0. The molecule has 26 heavy (non-hydrogen) atoms. The van der Waals surface area contributed by atoms with E-state index in [1.807, 2.05) is 49.4 Å².